The molecule has 0 bridgehead atoms. The predicted molar refractivity (Wildman–Crippen MR) is 98.5 cm³/mol. The smallest absolute Gasteiger partial charge is 0.231 e. The first-order valence-corrected chi connectivity index (χ1v) is 8.84. The van der Waals surface area contributed by atoms with Crippen LogP contribution in [-0.4, -0.2) is 24.1 Å². The van der Waals surface area contributed by atoms with E-state index in [1.165, 1.54) is 6.08 Å². The predicted octanol–water partition coefficient (Wildman–Crippen LogP) is 3.33. The first-order chi connectivity index (χ1) is 13.1. The molecule has 5 heteroatoms. The molecule has 0 saturated heterocycles. The van der Waals surface area contributed by atoms with Gasteiger partial charge in [-0.2, -0.15) is 0 Å². The molecule has 136 valence electrons. The zero-order chi connectivity index (χ0) is 18.8. The number of ketones is 3. The number of ether oxygens (including phenoxy) is 2. The van der Waals surface area contributed by atoms with Crippen LogP contribution in [0.5, 0.6) is 11.5 Å². The fraction of sp³-hybridized carbons (Fsp3) is 0.227. The highest BCUT2D eigenvalue weighted by molar-refractivity contribution is 6.24. The summed E-state index contributed by atoms with van der Waals surface area (Å²) < 4.78 is 10.5. The molecule has 2 aromatic carbocycles. The second-order valence-electron chi connectivity index (χ2n) is 6.73. The summed E-state index contributed by atoms with van der Waals surface area (Å²) in [6.45, 7) is 0.176. The number of carbonyl (C=O) groups is 3. The molecular formula is C22H18O5. The average molecular weight is 362 g/mol. The number of allylic oxidation sites excluding steroid dienone is 1. The molecule has 1 aliphatic carbocycles. The maximum absolute atomic E-state index is 12.5. The van der Waals surface area contributed by atoms with E-state index in [-0.39, 0.29) is 37.1 Å². The van der Waals surface area contributed by atoms with Gasteiger partial charge < -0.3 is 9.47 Å². The number of hydrogen-bond donors (Lipinski definition) is 0. The molecule has 0 amide bonds. The van der Waals surface area contributed by atoms with E-state index in [9.17, 15) is 14.4 Å². The van der Waals surface area contributed by atoms with E-state index < -0.39 is 11.7 Å². The minimum Gasteiger partial charge on any atom is -0.454 e. The molecule has 5 nitrogen and oxygen atoms in total. The molecule has 1 aliphatic heterocycles. The summed E-state index contributed by atoms with van der Waals surface area (Å²) in [6.07, 6.45) is 3.32. The minimum absolute atomic E-state index is 0.145. The van der Waals surface area contributed by atoms with Crippen molar-refractivity contribution in [1.82, 2.24) is 0 Å². The van der Waals surface area contributed by atoms with Gasteiger partial charge in [0.25, 0.3) is 0 Å². The average Bonchev–Trinajstić information content (AvgIpc) is 3.14. The molecule has 0 radical (unpaired) electrons. The molecule has 1 saturated carbocycles. The van der Waals surface area contributed by atoms with E-state index in [1.807, 2.05) is 30.3 Å². The standard InChI is InChI=1S/C22H18O5/c23-17(8-6-14-7-9-20-21(10-14)27-13-26-20)22-18(24)11-16(12-19(22)25)15-4-2-1-3-5-15/h1-10,16,22H,11-13H2. The summed E-state index contributed by atoms with van der Waals surface area (Å²) in [7, 11) is 0. The Morgan fingerprint density at radius 1 is 0.926 bits per heavy atom. The van der Waals surface area contributed by atoms with Gasteiger partial charge >= 0.3 is 0 Å². The van der Waals surface area contributed by atoms with E-state index in [0.29, 0.717) is 11.5 Å². The van der Waals surface area contributed by atoms with Crippen LogP contribution in [0.2, 0.25) is 0 Å². The van der Waals surface area contributed by atoms with Crippen molar-refractivity contribution in [3.8, 4) is 11.5 Å². The van der Waals surface area contributed by atoms with Crippen molar-refractivity contribution in [2.45, 2.75) is 18.8 Å². The highest BCUT2D eigenvalue weighted by Gasteiger charge is 2.39. The summed E-state index contributed by atoms with van der Waals surface area (Å²) in [5.41, 5.74) is 1.70. The number of benzene rings is 2. The van der Waals surface area contributed by atoms with Crippen LogP contribution in [0, 0.1) is 5.92 Å². The van der Waals surface area contributed by atoms with Gasteiger partial charge in [-0.3, -0.25) is 14.4 Å². The third kappa shape index (κ3) is 3.53. The quantitative estimate of drug-likeness (QED) is 0.616. The maximum atomic E-state index is 12.5. The molecule has 0 aromatic heterocycles. The van der Waals surface area contributed by atoms with Gasteiger partial charge in [0.05, 0.1) is 0 Å². The number of hydrogen-bond acceptors (Lipinski definition) is 5. The molecule has 1 fully saturated rings. The van der Waals surface area contributed by atoms with Crippen LogP contribution >= 0.6 is 0 Å². The monoisotopic (exact) mass is 362 g/mol. The van der Waals surface area contributed by atoms with Crippen molar-refractivity contribution in [1.29, 1.82) is 0 Å². The van der Waals surface area contributed by atoms with Crippen LogP contribution in [0.4, 0.5) is 0 Å². The second-order valence-corrected chi connectivity index (χ2v) is 6.73. The zero-order valence-electron chi connectivity index (χ0n) is 14.6. The molecule has 2 aromatic rings. The van der Waals surface area contributed by atoms with Crippen LogP contribution in [-0.2, 0) is 14.4 Å². The van der Waals surface area contributed by atoms with Gasteiger partial charge in [0, 0.05) is 12.8 Å². The van der Waals surface area contributed by atoms with Crippen molar-refractivity contribution < 1.29 is 23.9 Å². The Morgan fingerprint density at radius 3 is 2.37 bits per heavy atom. The Kier molecular flexibility index (Phi) is 4.59. The Labute approximate surface area is 156 Å². The minimum atomic E-state index is -1.18. The van der Waals surface area contributed by atoms with Crippen LogP contribution in [0.15, 0.2) is 54.6 Å². The summed E-state index contributed by atoms with van der Waals surface area (Å²) >= 11 is 0. The largest absolute Gasteiger partial charge is 0.454 e. The molecule has 0 unspecified atom stereocenters. The lowest BCUT2D eigenvalue weighted by molar-refractivity contribution is -0.140. The lowest BCUT2D eigenvalue weighted by Gasteiger charge is -2.25. The normalized spacial score (nSPS) is 21.6. The molecular weight excluding hydrogens is 344 g/mol. The van der Waals surface area contributed by atoms with Crippen molar-refractivity contribution in [3.63, 3.8) is 0 Å². The lowest BCUT2D eigenvalue weighted by atomic mass is 9.75. The van der Waals surface area contributed by atoms with E-state index in [0.717, 1.165) is 11.1 Å². The van der Waals surface area contributed by atoms with Crippen molar-refractivity contribution in [2.75, 3.05) is 6.79 Å². The van der Waals surface area contributed by atoms with Gasteiger partial charge in [-0.25, -0.2) is 0 Å². The van der Waals surface area contributed by atoms with E-state index in [2.05, 4.69) is 0 Å². The lowest BCUT2D eigenvalue weighted by Crippen LogP contribution is -2.37. The molecule has 27 heavy (non-hydrogen) atoms. The first-order valence-electron chi connectivity index (χ1n) is 8.84. The van der Waals surface area contributed by atoms with Crippen molar-refractivity contribution in [2.24, 2.45) is 5.92 Å². The third-order valence-corrected chi connectivity index (χ3v) is 4.93. The highest BCUT2D eigenvalue weighted by Crippen LogP contribution is 2.34. The third-order valence-electron chi connectivity index (χ3n) is 4.93. The molecule has 4 rings (SSSR count). The summed E-state index contributed by atoms with van der Waals surface area (Å²) in [4.78, 5) is 37.4. The SMILES string of the molecule is O=C(C=Cc1ccc2c(c1)OCO2)C1C(=O)CC(c2ccccc2)CC1=O. The van der Waals surface area contributed by atoms with E-state index >= 15 is 0 Å². The Hall–Kier alpha value is -3.21. The van der Waals surface area contributed by atoms with Gasteiger partial charge in [0.15, 0.2) is 28.8 Å². The Balaban J connectivity index is 1.46. The fourth-order valence-electron chi connectivity index (χ4n) is 3.54. The molecule has 0 atom stereocenters. The van der Waals surface area contributed by atoms with Crippen molar-refractivity contribution >= 4 is 23.4 Å². The second kappa shape index (κ2) is 7.19. The Bertz CT molecular complexity index is 911. The highest BCUT2D eigenvalue weighted by atomic mass is 16.7. The first kappa shape index (κ1) is 17.2. The van der Waals surface area contributed by atoms with Crippen LogP contribution in [0.25, 0.3) is 6.08 Å². The molecule has 0 spiro atoms. The number of rotatable bonds is 4. The van der Waals surface area contributed by atoms with Gasteiger partial charge in [-0.15, -0.1) is 0 Å². The number of fused-ring (bicyclic) bond motifs is 1. The van der Waals surface area contributed by atoms with Gasteiger partial charge in [-0.05, 0) is 35.3 Å². The topological polar surface area (TPSA) is 69.7 Å². The fourth-order valence-corrected chi connectivity index (χ4v) is 3.54. The van der Waals surface area contributed by atoms with Gasteiger partial charge in [0.1, 0.15) is 5.92 Å². The maximum Gasteiger partial charge on any atom is 0.231 e. The molecule has 0 N–H and O–H groups in total. The summed E-state index contributed by atoms with van der Waals surface area (Å²) in [5, 5.41) is 0. The van der Waals surface area contributed by atoms with Crippen molar-refractivity contribution in [3.05, 3.63) is 65.7 Å². The number of carbonyl (C=O) groups excluding carboxylic acids is 3. The molecule has 1 heterocycles. The summed E-state index contributed by atoms with van der Waals surface area (Å²) in [6, 6.07) is 14.8. The van der Waals surface area contributed by atoms with Crippen LogP contribution < -0.4 is 9.47 Å². The number of Topliss-reactive ketones (excluding diaryl/α,β-unsaturated/α-hetero) is 2. The van der Waals surface area contributed by atoms with E-state index in [1.54, 1.807) is 24.3 Å². The molecule has 2 aliphatic rings. The zero-order valence-corrected chi connectivity index (χ0v) is 14.6. The van der Waals surface area contributed by atoms with Crippen LogP contribution in [0.1, 0.15) is 29.9 Å². The Morgan fingerprint density at radius 2 is 1.63 bits per heavy atom. The summed E-state index contributed by atoms with van der Waals surface area (Å²) in [5.74, 6) is -1.14. The van der Waals surface area contributed by atoms with Crippen LogP contribution in [0.3, 0.4) is 0 Å². The van der Waals surface area contributed by atoms with E-state index in [4.69, 9.17) is 9.47 Å². The van der Waals surface area contributed by atoms with Gasteiger partial charge in [-0.1, -0.05) is 42.5 Å². The van der Waals surface area contributed by atoms with Gasteiger partial charge in [0.2, 0.25) is 6.79 Å².